The first kappa shape index (κ1) is 21.6. The van der Waals surface area contributed by atoms with E-state index in [4.69, 9.17) is 9.47 Å². The zero-order chi connectivity index (χ0) is 20.2. The van der Waals surface area contributed by atoms with E-state index < -0.39 is 6.10 Å². The average Bonchev–Trinajstić information content (AvgIpc) is 2.74. The van der Waals surface area contributed by atoms with Crippen LogP contribution in [-0.2, 0) is 6.42 Å². The van der Waals surface area contributed by atoms with E-state index in [1.807, 2.05) is 55.5 Å². The highest BCUT2D eigenvalue weighted by molar-refractivity contribution is 5.79. The second kappa shape index (κ2) is 11.9. The van der Waals surface area contributed by atoms with Gasteiger partial charge in [0.05, 0.1) is 20.3 Å². The normalized spacial score (nSPS) is 12.4. The summed E-state index contributed by atoms with van der Waals surface area (Å²) in [5.74, 6) is 2.39. The van der Waals surface area contributed by atoms with Crippen LogP contribution in [-0.4, -0.2) is 44.9 Å². The lowest BCUT2D eigenvalue weighted by Crippen LogP contribution is -2.38. The molecule has 0 amide bonds. The molecule has 0 saturated carbocycles. The minimum atomic E-state index is -0.506. The highest BCUT2D eigenvalue weighted by Gasteiger charge is 2.08. The number of hydrogen-bond acceptors (Lipinski definition) is 4. The van der Waals surface area contributed by atoms with Gasteiger partial charge in [0.2, 0.25) is 0 Å². The molecule has 28 heavy (non-hydrogen) atoms. The van der Waals surface area contributed by atoms with Crippen LogP contribution in [0.1, 0.15) is 30.6 Å². The smallest absolute Gasteiger partial charge is 0.191 e. The van der Waals surface area contributed by atoms with Crippen molar-refractivity contribution in [2.24, 2.45) is 4.99 Å². The van der Waals surface area contributed by atoms with E-state index in [-0.39, 0.29) is 0 Å². The van der Waals surface area contributed by atoms with Gasteiger partial charge in [0.15, 0.2) is 5.96 Å². The van der Waals surface area contributed by atoms with Crippen molar-refractivity contribution in [3.63, 3.8) is 0 Å². The molecule has 1 unspecified atom stereocenters. The van der Waals surface area contributed by atoms with Crippen LogP contribution in [0, 0.1) is 0 Å². The Balaban J connectivity index is 1.87. The minimum Gasteiger partial charge on any atom is -0.497 e. The van der Waals surface area contributed by atoms with Gasteiger partial charge >= 0.3 is 0 Å². The van der Waals surface area contributed by atoms with Crippen LogP contribution in [0.4, 0.5) is 0 Å². The van der Waals surface area contributed by atoms with Gasteiger partial charge in [-0.25, -0.2) is 0 Å². The molecule has 0 bridgehead atoms. The Bertz CT molecular complexity index is 735. The number of guanidine groups is 1. The summed E-state index contributed by atoms with van der Waals surface area (Å²) in [7, 11) is 3.33. The Labute approximate surface area is 167 Å². The number of aliphatic hydroxyl groups is 1. The third-order valence-electron chi connectivity index (χ3n) is 4.38. The zero-order valence-electron chi connectivity index (χ0n) is 16.9. The van der Waals surface area contributed by atoms with Crippen molar-refractivity contribution in [3.05, 3.63) is 59.7 Å². The standard InChI is InChI=1S/C22H31N3O3/c1-4-23-22(25-15-13-20(26)17-8-6-5-7-9-17)24-14-12-18-16-19(27-2)10-11-21(18)28-3/h5-11,16,20,26H,4,12-15H2,1-3H3,(H2,23,24,25). The second-order valence-corrected chi connectivity index (χ2v) is 6.33. The third kappa shape index (κ3) is 6.78. The van der Waals surface area contributed by atoms with Gasteiger partial charge in [0.1, 0.15) is 11.5 Å². The van der Waals surface area contributed by atoms with Crippen molar-refractivity contribution < 1.29 is 14.6 Å². The molecule has 6 heteroatoms. The van der Waals surface area contributed by atoms with E-state index in [2.05, 4.69) is 15.6 Å². The summed E-state index contributed by atoms with van der Waals surface area (Å²) in [6, 6.07) is 15.5. The van der Waals surface area contributed by atoms with Gasteiger partial charge in [-0.1, -0.05) is 30.3 Å². The Kier molecular flexibility index (Phi) is 9.15. The van der Waals surface area contributed by atoms with Crippen LogP contribution < -0.4 is 20.1 Å². The van der Waals surface area contributed by atoms with E-state index in [0.717, 1.165) is 41.6 Å². The predicted molar refractivity (Wildman–Crippen MR) is 113 cm³/mol. The van der Waals surface area contributed by atoms with Crippen molar-refractivity contribution in [2.45, 2.75) is 25.9 Å². The monoisotopic (exact) mass is 385 g/mol. The highest BCUT2D eigenvalue weighted by atomic mass is 16.5. The number of nitrogens with zero attached hydrogens (tertiary/aromatic N) is 1. The fourth-order valence-corrected chi connectivity index (χ4v) is 2.88. The lowest BCUT2D eigenvalue weighted by molar-refractivity contribution is 0.170. The molecule has 152 valence electrons. The van der Waals surface area contributed by atoms with Crippen LogP contribution in [0.2, 0.25) is 0 Å². The molecule has 0 radical (unpaired) electrons. The van der Waals surface area contributed by atoms with Gasteiger partial charge in [0.25, 0.3) is 0 Å². The largest absolute Gasteiger partial charge is 0.497 e. The van der Waals surface area contributed by atoms with Gasteiger partial charge in [-0.05, 0) is 49.1 Å². The van der Waals surface area contributed by atoms with Crippen molar-refractivity contribution in [1.29, 1.82) is 0 Å². The van der Waals surface area contributed by atoms with Crippen molar-refractivity contribution in [2.75, 3.05) is 33.9 Å². The van der Waals surface area contributed by atoms with Crippen LogP contribution in [0.3, 0.4) is 0 Å². The van der Waals surface area contributed by atoms with E-state index >= 15 is 0 Å². The van der Waals surface area contributed by atoms with Gasteiger partial charge < -0.3 is 25.2 Å². The molecule has 0 aliphatic rings. The number of aliphatic hydroxyl groups excluding tert-OH is 1. The van der Waals surface area contributed by atoms with Crippen LogP contribution in [0.25, 0.3) is 0 Å². The van der Waals surface area contributed by atoms with E-state index in [0.29, 0.717) is 19.5 Å². The predicted octanol–water partition coefficient (Wildman–Crippen LogP) is 2.93. The van der Waals surface area contributed by atoms with Crippen molar-refractivity contribution in [1.82, 2.24) is 10.6 Å². The van der Waals surface area contributed by atoms with Gasteiger partial charge in [0, 0.05) is 19.6 Å². The zero-order valence-corrected chi connectivity index (χ0v) is 16.9. The number of benzene rings is 2. The number of methoxy groups -OCH3 is 2. The molecular formula is C22H31N3O3. The molecule has 2 aromatic carbocycles. The van der Waals surface area contributed by atoms with Gasteiger partial charge in [-0.3, -0.25) is 4.99 Å². The van der Waals surface area contributed by atoms with E-state index in [1.54, 1.807) is 14.2 Å². The Hall–Kier alpha value is -2.73. The maximum Gasteiger partial charge on any atom is 0.191 e. The summed E-state index contributed by atoms with van der Waals surface area (Å²) < 4.78 is 10.7. The molecule has 1 atom stereocenters. The lowest BCUT2D eigenvalue weighted by Gasteiger charge is -2.14. The summed E-state index contributed by atoms with van der Waals surface area (Å²) in [6.45, 7) is 4.04. The summed E-state index contributed by atoms with van der Waals surface area (Å²) in [5.41, 5.74) is 1.99. The molecule has 3 N–H and O–H groups in total. The molecule has 6 nitrogen and oxygen atoms in total. The molecule has 0 heterocycles. The maximum absolute atomic E-state index is 10.3. The number of nitrogens with one attached hydrogen (secondary N) is 2. The topological polar surface area (TPSA) is 75.1 Å². The first-order valence-electron chi connectivity index (χ1n) is 9.64. The molecule has 0 aliphatic heterocycles. The lowest BCUT2D eigenvalue weighted by atomic mass is 10.1. The summed E-state index contributed by atoms with van der Waals surface area (Å²) >= 11 is 0. The maximum atomic E-state index is 10.3. The number of hydrogen-bond donors (Lipinski definition) is 3. The molecule has 0 aliphatic carbocycles. The quantitative estimate of drug-likeness (QED) is 0.433. The van der Waals surface area contributed by atoms with E-state index in [1.165, 1.54) is 0 Å². The first-order chi connectivity index (χ1) is 13.7. The Morgan fingerprint density at radius 3 is 2.54 bits per heavy atom. The first-order valence-corrected chi connectivity index (χ1v) is 9.64. The number of ether oxygens (including phenoxy) is 2. The molecule has 0 aromatic heterocycles. The second-order valence-electron chi connectivity index (χ2n) is 6.33. The number of aliphatic imine (C=N–C) groups is 1. The highest BCUT2D eigenvalue weighted by Crippen LogP contribution is 2.24. The summed E-state index contributed by atoms with van der Waals surface area (Å²) in [6.07, 6.45) is 0.843. The van der Waals surface area contributed by atoms with Crippen molar-refractivity contribution in [3.8, 4) is 11.5 Å². The molecule has 2 rings (SSSR count). The fourth-order valence-electron chi connectivity index (χ4n) is 2.88. The van der Waals surface area contributed by atoms with Crippen LogP contribution in [0.15, 0.2) is 53.5 Å². The number of rotatable bonds is 10. The molecule has 0 spiro atoms. The Morgan fingerprint density at radius 2 is 1.86 bits per heavy atom. The van der Waals surface area contributed by atoms with E-state index in [9.17, 15) is 5.11 Å². The average molecular weight is 386 g/mol. The third-order valence-corrected chi connectivity index (χ3v) is 4.38. The van der Waals surface area contributed by atoms with Crippen molar-refractivity contribution >= 4 is 5.96 Å². The summed E-state index contributed by atoms with van der Waals surface area (Å²) in [4.78, 5) is 4.56. The van der Waals surface area contributed by atoms with Gasteiger partial charge in [-0.15, -0.1) is 0 Å². The molecule has 0 saturated heterocycles. The SMILES string of the molecule is CCNC(=NCCC(O)c1ccccc1)NCCc1cc(OC)ccc1OC. The minimum absolute atomic E-state index is 0.506. The van der Waals surface area contributed by atoms with Gasteiger partial charge in [-0.2, -0.15) is 0 Å². The fraction of sp³-hybridized carbons (Fsp3) is 0.409. The van der Waals surface area contributed by atoms with Crippen LogP contribution >= 0.6 is 0 Å². The van der Waals surface area contributed by atoms with Crippen LogP contribution in [0.5, 0.6) is 11.5 Å². The molecular weight excluding hydrogens is 354 g/mol. The summed E-state index contributed by atoms with van der Waals surface area (Å²) in [5, 5.41) is 16.8. The Morgan fingerprint density at radius 1 is 1.07 bits per heavy atom. The molecule has 2 aromatic rings. The molecule has 0 fully saturated rings.